The van der Waals surface area contributed by atoms with E-state index in [2.05, 4.69) is 73.3 Å². The highest BCUT2D eigenvalue weighted by Gasteiger charge is 2.52. The van der Waals surface area contributed by atoms with Crippen molar-refractivity contribution in [2.24, 2.45) is 0 Å². The van der Waals surface area contributed by atoms with Gasteiger partial charge in [-0.05, 0) is 59.3 Å². The first-order valence-electron chi connectivity index (χ1n) is 20.2. The number of fused-ring (bicyclic) bond motifs is 4. The number of piperazine rings is 1. The van der Waals surface area contributed by atoms with E-state index in [0.29, 0.717) is 35.9 Å². The summed E-state index contributed by atoms with van der Waals surface area (Å²) in [6.07, 6.45) is 1.93. The van der Waals surface area contributed by atoms with Gasteiger partial charge in [-0.1, -0.05) is 65.3 Å². The number of benzene rings is 2. The van der Waals surface area contributed by atoms with E-state index in [9.17, 15) is 4.79 Å². The fourth-order valence-corrected chi connectivity index (χ4v) is 14.4. The van der Waals surface area contributed by atoms with Crippen molar-refractivity contribution in [3.63, 3.8) is 0 Å². The maximum Gasteiger partial charge on any atom is 0.417 e. The number of hydrogen-bond acceptors (Lipinski definition) is 11. The quantitative estimate of drug-likeness (QED) is 0.0489. The van der Waals surface area contributed by atoms with Crippen LogP contribution in [-0.4, -0.2) is 99.6 Å². The Bertz CT molecular complexity index is 2280. The number of rotatable bonds is 12. The minimum absolute atomic E-state index is 0.0825. The number of nitrogens with zero attached hydrogens (tertiary/aromatic N) is 4. The molecule has 4 aromatic rings. The number of hydrogen-bond donors (Lipinski definition) is 1. The van der Waals surface area contributed by atoms with Gasteiger partial charge >= 0.3 is 6.09 Å². The van der Waals surface area contributed by atoms with Crippen molar-refractivity contribution in [3.8, 4) is 40.2 Å². The minimum atomic E-state index is -2.67. The maximum absolute atomic E-state index is 17.5. The van der Waals surface area contributed by atoms with Crippen LogP contribution in [0.2, 0.25) is 16.6 Å². The number of nitrogens with one attached hydrogen (secondary N) is 1. The maximum atomic E-state index is 17.5. The molecule has 1 N–H and O–H groups in total. The van der Waals surface area contributed by atoms with Crippen LogP contribution in [0.1, 0.15) is 64.1 Å². The van der Waals surface area contributed by atoms with Crippen LogP contribution in [0.25, 0.3) is 32.9 Å². The average Bonchev–Trinajstić information content (AvgIpc) is 3.41. The standard InChI is InChI=1S/C41H51F2N5O6SSi/c1-23(2)56(24(3)4,25(5)6)16-14-29-31(42)12-11-26-17-28(53-22-51-8)18-30(32(26)29)35-34(43)36-33(37(45-35)52-9)38(47-39(46-36)55-10)54-40(49)48-27-13-15-41(48,21-50-7)20-44-19-27/h11-12,17-18,23-25,27,44H,13,15,19-22H2,1-10H3/i7D3. The SMILES string of the molecule is [2H]C([2H])([2H])OCC12CCC(CNC1)N2C(=O)Oc1nc(SC)nc2c(F)c(-c3cc(OCOC)cc4ccc(F)c(C#C[Si](C(C)C)(C(C)C)C(C)C)c34)nc(OC)c12. The van der Waals surface area contributed by atoms with Crippen molar-refractivity contribution in [1.29, 1.82) is 0 Å². The molecule has 56 heavy (non-hydrogen) atoms. The highest BCUT2D eigenvalue weighted by molar-refractivity contribution is 7.98. The molecular weight excluding hydrogens is 757 g/mol. The number of thioether (sulfide) groups is 1. The molecule has 11 nitrogen and oxygen atoms in total. The number of pyridine rings is 1. The van der Waals surface area contributed by atoms with Gasteiger partial charge in [0.25, 0.3) is 0 Å². The summed E-state index contributed by atoms with van der Waals surface area (Å²) in [5.74, 6) is 1.61. The Hall–Kier alpha value is -4.07. The van der Waals surface area contributed by atoms with Crippen molar-refractivity contribution >= 4 is 47.6 Å². The third-order valence-corrected chi connectivity index (χ3v) is 18.2. The molecule has 2 fully saturated rings. The van der Waals surface area contributed by atoms with E-state index >= 15 is 8.78 Å². The zero-order valence-corrected chi connectivity index (χ0v) is 35.1. The summed E-state index contributed by atoms with van der Waals surface area (Å²) in [5, 5.41) is 4.08. The van der Waals surface area contributed by atoms with Crippen LogP contribution >= 0.6 is 11.8 Å². The molecule has 1 amide bonds. The second kappa shape index (κ2) is 16.8. The first-order chi connectivity index (χ1) is 27.9. The van der Waals surface area contributed by atoms with E-state index in [4.69, 9.17) is 27.8 Å². The fourth-order valence-electron chi connectivity index (χ4n) is 8.83. The van der Waals surface area contributed by atoms with E-state index in [-0.39, 0.29) is 87.3 Å². The smallest absolute Gasteiger partial charge is 0.417 e. The molecule has 4 heterocycles. The zero-order chi connectivity index (χ0) is 43.0. The Morgan fingerprint density at radius 3 is 2.48 bits per heavy atom. The van der Waals surface area contributed by atoms with Crippen LogP contribution < -0.4 is 19.5 Å². The molecule has 0 radical (unpaired) electrons. The van der Waals surface area contributed by atoms with Crippen molar-refractivity contribution in [1.82, 2.24) is 25.2 Å². The van der Waals surface area contributed by atoms with Gasteiger partial charge in [0.15, 0.2) is 17.8 Å². The molecule has 2 aliphatic rings. The van der Waals surface area contributed by atoms with Crippen LogP contribution in [0.15, 0.2) is 29.4 Å². The lowest BCUT2D eigenvalue weighted by Crippen LogP contribution is -2.64. The van der Waals surface area contributed by atoms with Gasteiger partial charge < -0.3 is 29.0 Å². The molecule has 0 spiro atoms. The lowest BCUT2D eigenvalue weighted by atomic mass is 9.95. The first kappa shape index (κ1) is 37.5. The van der Waals surface area contributed by atoms with E-state index in [0.717, 1.165) is 11.8 Å². The highest BCUT2D eigenvalue weighted by atomic mass is 32.2. The molecule has 2 atom stereocenters. The molecule has 2 bridgehead atoms. The summed E-state index contributed by atoms with van der Waals surface area (Å²) in [4.78, 5) is 29.3. The molecule has 0 saturated carbocycles. The van der Waals surface area contributed by atoms with Crippen LogP contribution in [0.5, 0.6) is 17.5 Å². The van der Waals surface area contributed by atoms with Crippen LogP contribution in [-0.2, 0) is 9.47 Å². The van der Waals surface area contributed by atoms with Gasteiger partial charge in [0.05, 0.1) is 28.9 Å². The summed E-state index contributed by atoms with van der Waals surface area (Å²) in [5.41, 5.74) is 3.19. The van der Waals surface area contributed by atoms with Crippen molar-refractivity contribution in [2.45, 2.75) is 87.7 Å². The Morgan fingerprint density at radius 2 is 1.82 bits per heavy atom. The first-order valence-corrected chi connectivity index (χ1v) is 22.1. The Labute approximate surface area is 336 Å². The molecular formula is C41H51F2N5O6SSi. The van der Waals surface area contributed by atoms with Crippen LogP contribution in [0.4, 0.5) is 13.6 Å². The lowest BCUT2D eigenvalue weighted by Gasteiger charge is -2.43. The van der Waals surface area contributed by atoms with E-state index < -0.39 is 38.4 Å². The summed E-state index contributed by atoms with van der Waals surface area (Å²) in [6.45, 7) is 13.4. The summed E-state index contributed by atoms with van der Waals surface area (Å²) < 4.78 is 84.5. The van der Waals surface area contributed by atoms with Gasteiger partial charge in [0, 0.05) is 44.2 Å². The van der Waals surface area contributed by atoms with Crippen molar-refractivity contribution in [2.75, 3.05) is 54.0 Å². The zero-order valence-electron chi connectivity index (χ0n) is 36.3. The molecule has 2 aromatic carbocycles. The number of methoxy groups -OCH3 is 3. The Morgan fingerprint density at radius 1 is 1.07 bits per heavy atom. The second-order valence-electron chi connectivity index (χ2n) is 15.3. The Balaban J connectivity index is 1.57. The number of aromatic nitrogens is 3. The van der Waals surface area contributed by atoms with Crippen molar-refractivity contribution in [3.05, 3.63) is 41.5 Å². The van der Waals surface area contributed by atoms with Gasteiger partial charge in [-0.15, -0.1) is 5.54 Å². The van der Waals surface area contributed by atoms with Gasteiger partial charge in [-0.3, -0.25) is 4.90 Å². The third-order valence-electron chi connectivity index (χ3n) is 11.4. The normalized spacial score (nSPS) is 19.3. The van der Waals surface area contributed by atoms with E-state index in [1.807, 2.05) is 0 Å². The predicted molar refractivity (Wildman–Crippen MR) is 217 cm³/mol. The number of carbonyl (C=O) groups excluding carboxylic acids is 1. The molecule has 6 rings (SSSR count). The number of halogens is 2. The third kappa shape index (κ3) is 7.30. The molecule has 0 aliphatic carbocycles. The summed E-state index contributed by atoms with van der Waals surface area (Å²) >= 11 is 1.10. The number of carbonyl (C=O) groups is 1. The largest absolute Gasteiger partial charge is 0.480 e. The highest BCUT2D eigenvalue weighted by Crippen LogP contribution is 2.44. The van der Waals surface area contributed by atoms with Gasteiger partial charge in [0.2, 0.25) is 11.8 Å². The molecule has 2 unspecified atom stereocenters. The minimum Gasteiger partial charge on any atom is -0.480 e. The fraction of sp³-hybridized carbons (Fsp3) is 0.512. The van der Waals surface area contributed by atoms with Crippen molar-refractivity contribution < 1.29 is 41.4 Å². The van der Waals surface area contributed by atoms with E-state index in [1.165, 1.54) is 25.2 Å². The second-order valence-corrected chi connectivity index (χ2v) is 21.6. The van der Waals surface area contributed by atoms with Gasteiger partial charge in [-0.2, -0.15) is 4.98 Å². The van der Waals surface area contributed by atoms with E-state index in [1.54, 1.807) is 24.5 Å². The average molecular weight is 811 g/mol. The molecule has 2 saturated heterocycles. The lowest BCUT2D eigenvalue weighted by molar-refractivity contribution is 0.0130. The topological polar surface area (TPSA) is 117 Å². The van der Waals surface area contributed by atoms with Crippen LogP contribution in [0.3, 0.4) is 0 Å². The summed E-state index contributed by atoms with van der Waals surface area (Å²) in [6, 6.07) is 5.87. The number of ether oxygens (including phenoxy) is 5. The van der Waals surface area contributed by atoms with Gasteiger partial charge in [0.1, 0.15) is 36.2 Å². The summed E-state index contributed by atoms with van der Waals surface area (Å²) in [7, 11) is -2.22. The Kier molecular flexibility index (Phi) is 11.3. The monoisotopic (exact) mass is 810 g/mol. The van der Waals surface area contributed by atoms with Gasteiger partial charge in [-0.25, -0.2) is 23.5 Å². The molecule has 300 valence electrons. The predicted octanol–water partition coefficient (Wildman–Crippen LogP) is 8.36. The molecule has 2 aromatic heterocycles. The molecule has 2 aliphatic heterocycles. The number of amides is 1. The molecule has 15 heteroatoms. The van der Waals surface area contributed by atoms with Crippen LogP contribution in [0, 0.1) is 23.1 Å².